The van der Waals surface area contributed by atoms with Gasteiger partial charge in [-0.15, -0.1) is 11.3 Å². The number of aryl methyl sites for hydroxylation is 2. The van der Waals surface area contributed by atoms with Crippen LogP contribution < -0.4 is 5.32 Å². The standard InChI is InChI=1S/C24H27N3O3S/c1-3-6-17-9-11-18(12-10-17)21-16(2)31-24(25-21)26-22(28)19-7-4-13-27(15-19)23(29)20-8-5-14-30-20/h5,8-12,14,19H,3-4,6-7,13,15H2,1-2H3,(H,25,26,28). The Labute approximate surface area is 186 Å². The molecule has 1 aliphatic heterocycles. The fourth-order valence-electron chi connectivity index (χ4n) is 3.97. The van der Waals surface area contributed by atoms with E-state index in [0.29, 0.717) is 24.0 Å². The number of aromatic nitrogens is 1. The van der Waals surface area contributed by atoms with E-state index in [-0.39, 0.29) is 17.7 Å². The third-order valence-corrected chi connectivity index (χ3v) is 6.49. The number of hydrogen-bond acceptors (Lipinski definition) is 5. The number of nitrogens with zero attached hydrogens (tertiary/aromatic N) is 2. The van der Waals surface area contributed by atoms with Crippen molar-refractivity contribution in [3.8, 4) is 11.3 Å². The molecule has 0 bridgehead atoms. The third kappa shape index (κ3) is 4.88. The lowest BCUT2D eigenvalue weighted by Gasteiger charge is -2.31. The average Bonchev–Trinajstić information content (AvgIpc) is 3.44. The molecule has 7 heteroatoms. The smallest absolute Gasteiger partial charge is 0.289 e. The number of carbonyl (C=O) groups excluding carboxylic acids is 2. The van der Waals surface area contributed by atoms with E-state index in [9.17, 15) is 9.59 Å². The summed E-state index contributed by atoms with van der Waals surface area (Å²) in [6.07, 6.45) is 5.22. The van der Waals surface area contributed by atoms with Crippen molar-refractivity contribution in [3.05, 3.63) is 58.9 Å². The largest absolute Gasteiger partial charge is 0.459 e. The molecule has 31 heavy (non-hydrogen) atoms. The zero-order valence-corrected chi connectivity index (χ0v) is 18.7. The highest BCUT2D eigenvalue weighted by Gasteiger charge is 2.30. The highest BCUT2D eigenvalue weighted by Crippen LogP contribution is 2.31. The van der Waals surface area contributed by atoms with Gasteiger partial charge in [-0.25, -0.2) is 4.98 Å². The predicted molar refractivity (Wildman–Crippen MR) is 122 cm³/mol. The number of piperidine rings is 1. The summed E-state index contributed by atoms with van der Waals surface area (Å²) in [6.45, 7) is 5.22. The Morgan fingerprint density at radius 3 is 2.77 bits per heavy atom. The van der Waals surface area contributed by atoms with Gasteiger partial charge in [0.2, 0.25) is 5.91 Å². The first-order chi connectivity index (χ1) is 15.0. The van der Waals surface area contributed by atoms with E-state index in [1.54, 1.807) is 17.0 Å². The second-order valence-corrected chi connectivity index (χ2v) is 9.13. The maximum absolute atomic E-state index is 12.9. The number of thiazole rings is 1. The lowest BCUT2D eigenvalue weighted by molar-refractivity contribution is -0.121. The van der Waals surface area contributed by atoms with Crippen LogP contribution in [0.4, 0.5) is 5.13 Å². The first kappa shape index (κ1) is 21.3. The molecule has 1 aromatic carbocycles. The van der Waals surface area contributed by atoms with Gasteiger partial charge in [0, 0.05) is 23.5 Å². The highest BCUT2D eigenvalue weighted by molar-refractivity contribution is 7.16. The molecule has 0 spiro atoms. The predicted octanol–water partition coefficient (Wildman–Crippen LogP) is 5.15. The number of furan rings is 1. The third-order valence-electron chi connectivity index (χ3n) is 5.60. The molecule has 162 valence electrons. The zero-order chi connectivity index (χ0) is 21.8. The van der Waals surface area contributed by atoms with E-state index in [1.165, 1.54) is 23.2 Å². The van der Waals surface area contributed by atoms with Crippen LogP contribution in [0.2, 0.25) is 0 Å². The van der Waals surface area contributed by atoms with Crippen molar-refractivity contribution in [1.29, 1.82) is 0 Å². The Morgan fingerprint density at radius 1 is 1.26 bits per heavy atom. The van der Waals surface area contributed by atoms with Gasteiger partial charge in [-0.3, -0.25) is 9.59 Å². The van der Waals surface area contributed by atoms with E-state index < -0.39 is 0 Å². The molecule has 1 saturated heterocycles. The molecular weight excluding hydrogens is 410 g/mol. The summed E-state index contributed by atoms with van der Waals surface area (Å²) >= 11 is 1.48. The molecule has 0 radical (unpaired) electrons. The van der Waals surface area contributed by atoms with Gasteiger partial charge in [-0.1, -0.05) is 37.6 Å². The maximum Gasteiger partial charge on any atom is 0.289 e. The summed E-state index contributed by atoms with van der Waals surface area (Å²) in [6, 6.07) is 11.8. The molecule has 1 unspecified atom stereocenters. The fourth-order valence-corrected chi connectivity index (χ4v) is 4.81. The topological polar surface area (TPSA) is 75.4 Å². The van der Waals surface area contributed by atoms with Crippen LogP contribution in [0.15, 0.2) is 47.1 Å². The van der Waals surface area contributed by atoms with Gasteiger partial charge in [0.05, 0.1) is 17.9 Å². The van der Waals surface area contributed by atoms with Gasteiger partial charge in [-0.05, 0) is 43.9 Å². The van der Waals surface area contributed by atoms with Gasteiger partial charge in [-0.2, -0.15) is 0 Å². The van der Waals surface area contributed by atoms with Crippen LogP contribution >= 0.6 is 11.3 Å². The molecule has 1 aliphatic rings. The number of hydrogen-bond donors (Lipinski definition) is 1. The Hall–Kier alpha value is -2.93. The minimum Gasteiger partial charge on any atom is -0.459 e. The maximum atomic E-state index is 12.9. The van der Waals surface area contributed by atoms with Gasteiger partial charge in [0.1, 0.15) is 0 Å². The fraction of sp³-hybridized carbons (Fsp3) is 0.375. The SMILES string of the molecule is CCCc1ccc(-c2nc(NC(=O)C3CCCN(C(=O)c4ccco4)C3)sc2C)cc1. The number of amides is 2. The molecule has 2 amide bonds. The van der Waals surface area contributed by atoms with Crippen molar-refractivity contribution in [2.24, 2.45) is 5.92 Å². The monoisotopic (exact) mass is 437 g/mol. The Balaban J connectivity index is 1.41. The van der Waals surface area contributed by atoms with Crippen LogP contribution in [-0.2, 0) is 11.2 Å². The Kier molecular flexibility index (Phi) is 6.51. The first-order valence-electron chi connectivity index (χ1n) is 10.8. The van der Waals surface area contributed by atoms with Crippen molar-refractivity contribution in [3.63, 3.8) is 0 Å². The number of carbonyl (C=O) groups is 2. The van der Waals surface area contributed by atoms with Crippen molar-refractivity contribution in [2.45, 2.75) is 39.5 Å². The number of benzene rings is 1. The highest BCUT2D eigenvalue weighted by atomic mass is 32.1. The van der Waals surface area contributed by atoms with E-state index in [4.69, 9.17) is 4.42 Å². The molecule has 3 heterocycles. The summed E-state index contributed by atoms with van der Waals surface area (Å²) in [5.41, 5.74) is 3.28. The van der Waals surface area contributed by atoms with Gasteiger partial charge >= 0.3 is 0 Å². The van der Waals surface area contributed by atoms with E-state index in [0.717, 1.165) is 41.8 Å². The molecule has 0 aliphatic carbocycles. The summed E-state index contributed by atoms with van der Waals surface area (Å²) in [4.78, 5) is 32.9. The van der Waals surface area contributed by atoms with Crippen LogP contribution in [0.1, 0.15) is 47.2 Å². The van der Waals surface area contributed by atoms with E-state index in [2.05, 4.69) is 41.5 Å². The van der Waals surface area contributed by atoms with Crippen molar-refractivity contribution >= 4 is 28.3 Å². The first-order valence-corrected chi connectivity index (χ1v) is 11.6. The average molecular weight is 438 g/mol. The van der Waals surface area contributed by atoms with Crippen molar-refractivity contribution in [2.75, 3.05) is 18.4 Å². The lowest BCUT2D eigenvalue weighted by atomic mass is 9.97. The summed E-state index contributed by atoms with van der Waals surface area (Å²) < 4.78 is 5.22. The van der Waals surface area contributed by atoms with Crippen molar-refractivity contribution < 1.29 is 14.0 Å². The molecule has 0 saturated carbocycles. The number of nitrogens with one attached hydrogen (secondary N) is 1. The molecule has 4 rings (SSSR count). The number of likely N-dealkylation sites (tertiary alicyclic amines) is 1. The van der Waals surface area contributed by atoms with Gasteiger partial charge in [0.25, 0.3) is 5.91 Å². The molecule has 3 aromatic rings. The van der Waals surface area contributed by atoms with Crippen LogP contribution in [0, 0.1) is 12.8 Å². The van der Waals surface area contributed by atoms with Crippen molar-refractivity contribution in [1.82, 2.24) is 9.88 Å². The molecule has 1 fully saturated rings. The molecule has 6 nitrogen and oxygen atoms in total. The molecule has 1 N–H and O–H groups in total. The van der Waals surface area contributed by atoms with Crippen LogP contribution in [0.3, 0.4) is 0 Å². The minimum atomic E-state index is -0.256. The second-order valence-electron chi connectivity index (χ2n) is 7.93. The normalized spacial score (nSPS) is 16.3. The second kappa shape index (κ2) is 9.47. The minimum absolute atomic E-state index is 0.0875. The van der Waals surface area contributed by atoms with Crippen LogP contribution in [0.25, 0.3) is 11.3 Å². The zero-order valence-electron chi connectivity index (χ0n) is 17.9. The molecule has 2 aromatic heterocycles. The Morgan fingerprint density at radius 2 is 2.06 bits per heavy atom. The van der Waals surface area contributed by atoms with Crippen LogP contribution in [-0.4, -0.2) is 34.8 Å². The quantitative estimate of drug-likeness (QED) is 0.578. The summed E-state index contributed by atoms with van der Waals surface area (Å²) in [7, 11) is 0. The molecular formula is C24H27N3O3S. The summed E-state index contributed by atoms with van der Waals surface area (Å²) in [5, 5.41) is 3.58. The van der Waals surface area contributed by atoms with Gasteiger partial charge in [0.15, 0.2) is 10.9 Å². The van der Waals surface area contributed by atoms with E-state index in [1.807, 2.05) is 6.92 Å². The summed E-state index contributed by atoms with van der Waals surface area (Å²) in [5.74, 6) is -0.197. The number of rotatable bonds is 6. The van der Waals surface area contributed by atoms with Crippen LogP contribution in [0.5, 0.6) is 0 Å². The Bertz CT molecular complexity index is 1040. The molecule has 1 atom stereocenters. The van der Waals surface area contributed by atoms with E-state index >= 15 is 0 Å². The van der Waals surface area contributed by atoms with Gasteiger partial charge < -0.3 is 14.6 Å². The lowest BCUT2D eigenvalue weighted by Crippen LogP contribution is -2.43. The number of anilines is 1.